The number of amides is 1. The third-order valence-electron chi connectivity index (χ3n) is 2.51. The summed E-state index contributed by atoms with van der Waals surface area (Å²) in [6, 6.07) is 4.12. The largest absolute Gasteiger partial charge is 0.482 e. The van der Waals surface area contributed by atoms with E-state index in [1.54, 1.807) is 7.05 Å². The van der Waals surface area contributed by atoms with E-state index >= 15 is 0 Å². The Morgan fingerprint density at radius 3 is 2.67 bits per heavy atom. The molecule has 98 valence electrons. The third kappa shape index (κ3) is 3.38. The topological polar surface area (TPSA) is 92.9 Å². The average Bonchev–Trinajstić information content (AvgIpc) is 2.36. The van der Waals surface area contributed by atoms with Crippen LogP contribution in [0.5, 0.6) is 5.75 Å². The third-order valence-corrected chi connectivity index (χ3v) is 2.51. The molecule has 0 heterocycles. The Hall–Kier alpha value is -2.24. The molecule has 0 atom stereocenters. The van der Waals surface area contributed by atoms with Crippen molar-refractivity contribution in [2.24, 2.45) is 0 Å². The predicted octanol–water partition coefficient (Wildman–Crippen LogP) is 0.824. The van der Waals surface area contributed by atoms with Gasteiger partial charge in [-0.05, 0) is 25.1 Å². The monoisotopic (exact) mass is 252 g/mol. The fraction of sp³-hybridized carbons (Fsp3) is 0.333. The minimum Gasteiger partial charge on any atom is -0.482 e. The molecule has 0 fully saturated rings. The first-order valence-electron chi connectivity index (χ1n) is 5.45. The van der Waals surface area contributed by atoms with E-state index in [9.17, 15) is 9.59 Å². The number of anilines is 1. The van der Waals surface area contributed by atoms with Crippen LogP contribution in [-0.4, -0.2) is 42.1 Å². The van der Waals surface area contributed by atoms with Crippen LogP contribution < -0.4 is 10.5 Å². The molecule has 0 aliphatic rings. The summed E-state index contributed by atoms with van der Waals surface area (Å²) >= 11 is 0. The molecule has 0 bridgehead atoms. The Bertz CT molecular complexity index is 459. The van der Waals surface area contributed by atoms with Crippen molar-refractivity contribution in [3.8, 4) is 5.75 Å². The molecular formula is C12H16N2O4. The van der Waals surface area contributed by atoms with Gasteiger partial charge in [0.1, 0.15) is 5.75 Å². The smallest absolute Gasteiger partial charge is 0.335 e. The molecule has 0 unspecified atom stereocenters. The van der Waals surface area contributed by atoms with Crippen molar-refractivity contribution in [2.45, 2.75) is 6.92 Å². The maximum Gasteiger partial charge on any atom is 0.335 e. The Morgan fingerprint density at radius 1 is 1.44 bits per heavy atom. The van der Waals surface area contributed by atoms with Gasteiger partial charge < -0.3 is 20.5 Å². The zero-order chi connectivity index (χ0) is 13.7. The van der Waals surface area contributed by atoms with Gasteiger partial charge in [-0.25, -0.2) is 4.79 Å². The van der Waals surface area contributed by atoms with Gasteiger partial charge in [-0.2, -0.15) is 0 Å². The maximum atomic E-state index is 11.5. The molecule has 0 saturated carbocycles. The van der Waals surface area contributed by atoms with Crippen LogP contribution in [0, 0.1) is 0 Å². The van der Waals surface area contributed by atoms with Crippen molar-refractivity contribution in [2.75, 3.05) is 25.9 Å². The molecule has 1 rings (SSSR count). The molecule has 0 aromatic heterocycles. The first kappa shape index (κ1) is 13.8. The summed E-state index contributed by atoms with van der Waals surface area (Å²) in [5, 5.41) is 8.83. The van der Waals surface area contributed by atoms with Crippen molar-refractivity contribution in [3.05, 3.63) is 23.8 Å². The molecule has 1 aromatic rings. The van der Waals surface area contributed by atoms with E-state index in [0.717, 1.165) is 0 Å². The highest BCUT2D eigenvalue weighted by Crippen LogP contribution is 2.22. The summed E-state index contributed by atoms with van der Waals surface area (Å²) in [4.78, 5) is 23.8. The molecule has 0 saturated heterocycles. The van der Waals surface area contributed by atoms with Crippen molar-refractivity contribution in [3.63, 3.8) is 0 Å². The lowest BCUT2D eigenvalue weighted by Gasteiger charge is -2.15. The summed E-state index contributed by atoms with van der Waals surface area (Å²) in [7, 11) is 1.66. The van der Waals surface area contributed by atoms with Gasteiger partial charge in [0.15, 0.2) is 6.61 Å². The van der Waals surface area contributed by atoms with E-state index in [0.29, 0.717) is 12.2 Å². The fourth-order valence-electron chi connectivity index (χ4n) is 1.22. The number of rotatable bonds is 5. The summed E-state index contributed by atoms with van der Waals surface area (Å²) in [5.41, 5.74) is 6.00. The Labute approximate surface area is 105 Å². The van der Waals surface area contributed by atoms with Gasteiger partial charge in [0.25, 0.3) is 5.91 Å². The molecule has 6 heteroatoms. The molecule has 6 nitrogen and oxygen atoms in total. The molecule has 0 aliphatic heterocycles. The Kier molecular flexibility index (Phi) is 4.53. The van der Waals surface area contributed by atoms with Crippen molar-refractivity contribution < 1.29 is 19.4 Å². The molecule has 0 radical (unpaired) electrons. The molecule has 3 N–H and O–H groups in total. The number of benzene rings is 1. The van der Waals surface area contributed by atoms with Gasteiger partial charge in [0, 0.05) is 13.6 Å². The second kappa shape index (κ2) is 5.90. The lowest BCUT2D eigenvalue weighted by atomic mass is 10.2. The number of nitrogens with two attached hydrogens (primary N) is 1. The van der Waals surface area contributed by atoms with Gasteiger partial charge in [0.05, 0.1) is 11.3 Å². The van der Waals surface area contributed by atoms with Crippen LogP contribution in [0.1, 0.15) is 17.3 Å². The standard InChI is InChI=1S/C12H16N2O4/c1-3-14(2)11(15)7-18-10-6-8(12(16)17)4-5-9(10)13/h4-6H,3,7,13H2,1-2H3,(H,16,17). The minimum absolute atomic E-state index is 0.0653. The Balaban J connectivity index is 2.75. The second-order valence-electron chi connectivity index (χ2n) is 3.75. The number of carboxylic acid groups (broad SMARTS) is 1. The lowest BCUT2D eigenvalue weighted by molar-refractivity contribution is -0.131. The number of carboxylic acids is 1. The lowest BCUT2D eigenvalue weighted by Crippen LogP contribution is -2.31. The highest BCUT2D eigenvalue weighted by molar-refractivity contribution is 5.89. The SMILES string of the molecule is CCN(C)C(=O)COc1cc(C(=O)O)ccc1N. The van der Waals surface area contributed by atoms with Gasteiger partial charge in [-0.15, -0.1) is 0 Å². The fourth-order valence-corrected chi connectivity index (χ4v) is 1.22. The number of carbonyl (C=O) groups is 2. The molecule has 0 aliphatic carbocycles. The van der Waals surface area contributed by atoms with E-state index in [-0.39, 0.29) is 23.8 Å². The van der Waals surface area contributed by atoms with Crippen molar-refractivity contribution in [1.29, 1.82) is 0 Å². The van der Waals surface area contributed by atoms with E-state index in [1.165, 1.54) is 23.1 Å². The summed E-state index contributed by atoms with van der Waals surface area (Å²) in [5.74, 6) is -1.07. The number of carbonyl (C=O) groups excluding carboxylic acids is 1. The molecule has 0 spiro atoms. The highest BCUT2D eigenvalue weighted by Gasteiger charge is 2.11. The first-order chi connectivity index (χ1) is 8.45. The normalized spacial score (nSPS) is 9.89. The van der Waals surface area contributed by atoms with Gasteiger partial charge in [-0.1, -0.05) is 0 Å². The predicted molar refractivity (Wildman–Crippen MR) is 66.6 cm³/mol. The maximum absolute atomic E-state index is 11.5. The van der Waals surface area contributed by atoms with Crippen LogP contribution in [0.3, 0.4) is 0 Å². The first-order valence-corrected chi connectivity index (χ1v) is 5.45. The zero-order valence-corrected chi connectivity index (χ0v) is 10.3. The number of ether oxygens (including phenoxy) is 1. The van der Waals surface area contributed by atoms with Crippen LogP contribution in [0.25, 0.3) is 0 Å². The molecular weight excluding hydrogens is 236 g/mol. The van der Waals surface area contributed by atoms with Crippen LogP contribution in [0.15, 0.2) is 18.2 Å². The van der Waals surface area contributed by atoms with Gasteiger partial charge >= 0.3 is 5.97 Å². The van der Waals surface area contributed by atoms with E-state index in [4.69, 9.17) is 15.6 Å². The number of nitrogens with zero attached hydrogens (tertiary/aromatic N) is 1. The Morgan fingerprint density at radius 2 is 2.11 bits per heavy atom. The number of hydrogen-bond acceptors (Lipinski definition) is 4. The molecule has 1 amide bonds. The molecule has 18 heavy (non-hydrogen) atoms. The van der Waals surface area contributed by atoms with Crippen LogP contribution in [0.2, 0.25) is 0 Å². The van der Waals surface area contributed by atoms with Crippen molar-refractivity contribution in [1.82, 2.24) is 4.90 Å². The minimum atomic E-state index is -1.07. The highest BCUT2D eigenvalue weighted by atomic mass is 16.5. The number of aromatic carboxylic acids is 1. The van der Waals surface area contributed by atoms with E-state index in [1.807, 2.05) is 6.92 Å². The second-order valence-corrected chi connectivity index (χ2v) is 3.75. The summed E-state index contributed by atoms with van der Waals surface area (Å²) in [6.45, 7) is 2.25. The average molecular weight is 252 g/mol. The summed E-state index contributed by atoms with van der Waals surface area (Å²) in [6.07, 6.45) is 0. The van der Waals surface area contributed by atoms with Crippen molar-refractivity contribution >= 4 is 17.6 Å². The number of likely N-dealkylation sites (N-methyl/N-ethyl adjacent to an activating group) is 1. The number of nitrogen functional groups attached to an aromatic ring is 1. The quantitative estimate of drug-likeness (QED) is 0.757. The van der Waals surface area contributed by atoms with Gasteiger partial charge in [-0.3, -0.25) is 4.79 Å². The number of hydrogen-bond donors (Lipinski definition) is 2. The van der Waals surface area contributed by atoms with Crippen LogP contribution in [-0.2, 0) is 4.79 Å². The molecule has 1 aromatic carbocycles. The van der Waals surface area contributed by atoms with E-state index in [2.05, 4.69) is 0 Å². The van der Waals surface area contributed by atoms with E-state index < -0.39 is 5.97 Å². The van der Waals surface area contributed by atoms with Crippen LogP contribution >= 0.6 is 0 Å². The summed E-state index contributed by atoms with van der Waals surface area (Å²) < 4.78 is 5.23. The van der Waals surface area contributed by atoms with Crippen LogP contribution in [0.4, 0.5) is 5.69 Å². The van der Waals surface area contributed by atoms with Gasteiger partial charge in [0.2, 0.25) is 0 Å². The zero-order valence-electron chi connectivity index (χ0n) is 10.3.